The van der Waals surface area contributed by atoms with Gasteiger partial charge in [0.05, 0.1) is 12.6 Å². The van der Waals surface area contributed by atoms with E-state index in [2.05, 4.69) is 0 Å². The number of amides is 1. The zero-order chi connectivity index (χ0) is 11.3. The summed E-state index contributed by atoms with van der Waals surface area (Å²) in [6.07, 6.45) is -0.572. The molecule has 0 aliphatic carbocycles. The molecular weight excluding hydrogens is 214 g/mol. The van der Waals surface area contributed by atoms with Crippen molar-refractivity contribution in [2.75, 3.05) is 17.3 Å². The summed E-state index contributed by atoms with van der Waals surface area (Å²) in [6, 6.07) is 9.17. The maximum atomic E-state index is 11.5. The Morgan fingerprint density at radius 2 is 2.07 bits per heavy atom. The number of para-hydroxylation sites is 1. The minimum absolute atomic E-state index is 0.0817. The van der Waals surface area contributed by atoms with E-state index >= 15 is 0 Å². The Labute approximate surface area is 94.3 Å². The number of anilines is 1. The molecule has 1 aromatic carbocycles. The monoisotopic (exact) mass is 227 g/mol. The predicted octanol–water partition coefficient (Wildman–Crippen LogP) is 1.64. The number of nitrogens with zero attached hydrogens (tertiary/aromatic N) is 1. The van der Waals surface area contributed by atoms with Gasteiger partial charge in [0.25, 0.3) is 0 Å². The van der Waals surface area contributed by atoms with Gasteiger partial charge >= 0.3 is 0 Å². The van der Waals surface area contributed by atoms with E-state index in [1.165, 1.54) is 4.90 Å². The Bertz CT molecular complexity index is 314. The molecule has 1 rings (SSSR count). The van der Waals surface area contributed by atoms with Crippen molar-refractivity contribution in [3.05, 3.63) is 30.3 Å². The van der Waals surface area contributed by atoms with Gasteiger partial charge in [0.15, 0.2) is 0 Å². The van der Waals surface area contributed by atoms with Crippen LogP contribution >= 0.6 is 11.6 Å². The van der Waals surface area contributed by atoms with Crippen LogP contribution in [0.3, 0.4) is 0 Å². The Morgan fingerprint density at radius 1 is 1.47 bits per heavy atom. The van der Waals surface area contributed by atoms with Crippen LogP contribution in [0.2, 0.25) is 0 Å². The highest BCUT2D eigenvalue weighted by Crippen LogP contribution is 2.14. The van der Waals surface area contributed by atoms with E-state index in [4.69, 9.17) is 11.6 Å². The number of alkyl halides is 1. The first kappa shape index (κ1) is 12.0. The van der Waals surface area contributed by atoms with Gasteiger partial charge in [0, 0.05) is 5.69 Å². The largest absolute Gasteiger partial charge is 0.392 e. The normalized spacial score (nSPS) is 12.2. The number of halogens is 1. The molecule has 1 amide bonds. The quantitative estimate of drug-likeness (QED) is 0.795. The lowest BCUT2D eigenvalue weighted by Crippen LogP contribution is -2.37. The summed E-state index contributed by atoms with van der Waals surface area (Å²) < 4.78 is 0. The van der Waals surface area contributed by atoms with Gasteiger partial charge < -0.3 is 10.0 Å². The van der Waals surface area contributed by atoms with Crippen LogP contribution in [0.1, 0.15) is 6.92 Å². The first-order chi connectivity index (χ1) is 7.15. The maximum Gasteiger partial charge on any atom is 0.241 e. The first-order valence-corrected chi connectivity index (χ1v) is 5.28. The molecular formula is C11H14ClNO2. The summed E-state index contributed by atoms with van der Waals surface area (Å²) in [5.74, 6) is -0.287. The van der Waals surface area contributed by atoms with Crippen LogP contribution in [-0.4, -0.2) is 29.5 Å². The minimum atomic E-state index is -0.572. The molecule has 15 heavy (non-hydrogen) atoms. The predicted molar refractivity (Wildman–Crippen MR) is 61.2 cm³/mol. The Balaban J connectivity index is 2.86. The summed E-state index contributed by atoms with van der Waals surface area (Å²) in [5.41, 5.74) is 0.754. The molecule has 1 unspecified atom stereocenters. The van der Waals surface area contributed by atoms with Crippen molar-refractivity contribution in [3.63, 3.8) is 0 Å². The maximum absolute atomic E-state index is 11.5. The van der Waals surface area contributed by atoms with Crippen molar-refractivity contribution in [1.82, 2.24) is 0 Å². The third-order valence-corrected chi connectivity index (χ3v) is 2.16. The van der Waals surface area contributed by atoms with Crippen molar-refractivity contribution in [1.29, 1.82) is 0 Å². The highest BCUT2D eigenvalue weighted by Gasteiger charge is 2.15. The first-order valence-electron chi connectivity index (χ1n) is 4.74. The molecule has 82 valence electrons. The van der Waals surface area contributed by atoms with Gasteiger partial charge in [-0.1, -0.05) is 18.2 Å². The molecule has 0 aliphatic rings. The van der Waals surface area contributed by atoms with Crippen LogP contribution in [0.4, 0.5) is 5.69 Å². The molecule has 4 heteroatoms. The van der Waals surface area contributed by atoms with Gasteiger partial charge in [-0.25, -0.2) is 0 Å². The second-order valence-corrected chi connectivity index (χ2v) is 3.59. The van der Waals surface area contributed by atoms with Gasteiger partial charge in [-0.15, -0.1) is 11.6 Å². The molecule has 0 saturated carbocycles. The number of rotatable bonds is 4. The zero-order valence-corrected chi connectivity index (χ0v) is 9.31. The number of carbonyl (C=O) groups excluding carboxylic acids is 1. The highest BCUT2D eigenvalue weighted by molar-refractivity contribution is 6.29. The Kier molecular flexibility index (Phi) is 4.59. The molecule has 0 fully saturated rings. The van der Waals surface area contributed by atoms with Crippen LogP contribution in [0.15, 0.2) is 30.3 Å². The summed E-state index contributed by atoms with van der Waals surface area (Å²) in [6.45, 7) is 1.90. The Morgan fingerprint density at radius 3 is 2.53 bits per heavy atom. The van der Waals surface area contributed by atoms with E-state index in [0.29, 0.717) is 0 Å². The van der Waals surface area contributed by atoms with Crippen LogP contribution in [0, 0.1) is 0 Å². The van der Waals surface area contributed by atoms with Crippen molar-refractivity contribution in [3.8, 4) is 0 Å². The second kappa shape index (κ2) is 5.73. The lowest BCUT2D eigenvalue weighted by Gasteiger charge is -2.23. The molecule has 0 aliphatic heterocycles. The summed E-state index contributed by atoms with van der Waals surface area (Å²) in [4.78, 5) is 13.0. The molecule has 0 spiro atoms. The van der Waals surface area contributed by atoms with Gasteiger partial charge in [-0.2, -0.15) is 0 Å². The number of aliphatic hydroxyl groups excluding tert-OH is 1. The number of aliphatic hydroxyl groups is 1. The van der Waals surface area contributed by atoms with Gasteiger partial charge in [0.1, 0.15) is 5.88 Å². The minimum Gasteiger partial charge on any atom is -0.392 e. The van der Waals surface area contributed by atoms with Crippen LogP contribution in [0.5, 0.6) is 0 Å². The van der Waals surface area contributed by atoms with Crippen LogP contribution in [-0.2, 0) is 4.79 Å². The smallest absolute Gasteiger partial charge is 0.241 e. The summed E-state index contributed by atoms with van der Waals surface area (Å²) >= 11 is 5.51. The van der Waals surface area contributed by atoms with E-state index in [-0.39, 0.29) is 18.3 Å². The van der Waals surface area contributed by atoms with E-state index in [1.807, 2.05) is 30.3 Å². The highest BCUT2D eigenvalue weighted by atomic mass is 35.5. The van der Waals surface area contributed by atoms with Crippen molar-refractivity contribution < 1.29 is 9.90 Å². The molecule has 0 radical (unpaired) electrons. The standard InChI is InChI=1S/C11H14ClNO2/c1-9(14)8-13(11(15)7-12)10-5-3-2-4-6-10/h2-6,9,14H,7-8H2,1H3. The lowest BCUT2D eigenvalue weighted by molar-refractivity contribution is -0.116. The molecule has 0 heterocycles. The average molecular weight is 228 g/mol. The van der Waals surface area contributed by atoms with Crippen molar-refractivity contribution >= 4 is 23.2 Å². The second-order valence-electron chi connectivity index (χ2n) is 3.32. The van der Waals surface area contributed by atoms with E-state index in [9.17, 15) is 9.90 Å². The lowest BCUT2D eigenvalue weighted by atomic mass is 10.2. The fraction of sp³-hybridized carbons (Fsp3) is 0.364. The van der Waals surface area contributed by atoms with E-state index < -0.39 is 6.10 Å². The van der Waals surface area contributed by atoms with Gasteiger partial charge in [0.2, 0.25) is 5.91 Å². The zero-order valence-electron chi connectivity index (χ0n) is 8.56. The van der Waals surface area contributed by atoms with Crippen LogP contribution in [0.25, 0.3) is 0 Å². The number of hydrogen-bond donors (Lipinski definition) is 1. The fourth-order valence-electron chi connectivity index (χ4n) is 1.30. The van der Waals surface area contributed by atoms with Crippen molar-refractivity contribution in [2.45, 2.75) is 13.0 Å². The molecule has 0 bridgehead atoms. The number of benzene rings is 1. The summed E-state index contributed by atoms with van der Waals surface area (Å²) in [5, 5.41) is 9.29. The summed E-state index contributed by atoms with van der Waals surface area (Å²) in [7, 11) is 0. The molecule has 1 atom stereocenters. The third kappa shape index (κ3) is 3.53. The van der Waals surface area contributed by atoms with Crippen LogP contribution < -0.4 is 4.90 Å². The number of hydrogen-bond acceptors (Lipinski definition) is 2. The molecule has 1 N–H and O–H groups in total. The Hall–Kier alpha value is -1.06. The number of carbonyl (C=O) groups is 1. The van der Waals surface area contributed by atoms with Crippen molar-refractivity contribution in [2.24, 2.45) is 0 Å². The average Bonchev–Trinajstić information content (AvgIpc) is 2.26. The third-order valence-electron chi connectivity index (χ3n) is 1.93. The van der Waals surface area contributed by atoms with Gasteiger partial charge in [-0.3, -0.25) is 4.79 Å². The molecule has 0 aromatic heterocycles. The fourth-order valence-corrected chi connectivity index (χ4v) is 1.44. The van der Waals surface area contributed by atoms with E-state index in [1.54, 1.807) is 6.92 Å². The SMILES string of the molecule is CC(O)CN(C(=O)CCl)c1ccccc1. The van der Waals surface area contributed by atoms with Gasteiger partial charge in [-0.05, 0) is 19.1 Å². The topological polar surface area (TPSA) is 40.5 Å². The molecule has 1 aromatic rings. The molecule has 3 nitrogen and oxygen atoms in total. The molecule has 0 saturated heterocycles. The van der Waals surface area contributed by atoms with E-state index in [0.717, 1.165) is 5.69 Å².